The van der Waals surface area contributed by atoms with Crippen molar-refractivity contribution in [2.75, 3.05) is 0 Å². The third-order valence-electron chi connectivity index (χ3n) is 3.79. The number of rotatable bonds is 5. The third kappa shape index (κ3) is 7.85. The molecule has 0 amide bonds. The molecule has 1 saturated carbocycles. The maximum atomic E-state index is 5.99. The first-order valence-corrected chi connectivity index (χ1v) is 8.31. The van der Waals surface area contributed by atoms with Crippen LogP contribution in [0.5, 0.6) is 5.88 Å². The van der Waals surface area contributed by atoms with Gasteiger partial charge in [-0.2, -0.15) is 0 Å². The molecule has 6 heteroatoms. The maximum absolute atomic E-state index is 5.99. The van der Waals surface area contributed by atoms with Crippen molar-refractivity contribution >= 4 is 29.9 Å². The Morgan fingerprint density at radius 1 is 1.30 bits per heavy atom. The SMILES string of the molecule is CC(C)Oc1ccc(CN=C(N)NC2CCCCCC2)cn1.I. The van der Waals surface area contributed by atoms with E-state index in [9.17, 15) is 0 Å². The number of hydrogen-bond acceptors (Lipinski definition) is 3. The lowest BCUT2D eigenvalue weighted by atomic mass is 10.1. The van der Waals surface area contributed by atoms with Crippen LogP contribution in [0.25, 0.3) is 0 Å². The largest absolute Gasteiger partial charge is 0.475 e. The summed E-state index contributed by atoms with van der Waals surface area (Å²) in [6.07, 6.45) is 9.56. The van der Waals surface area contributed by atoms with Gasteiger partial charge in [0, 0.05) is 18.3 Å². The molecule has 1 aromatic rings. The van der Waals surface area contributed by atoms with E-state index < -0.39 is 0 Å². The molecule has 2 rings (SSSR count). The Balaban J connectivity index is 0.00000264. The first kappa shape index (κ1) is 20.0. The van der Waals surface area contributed by atoms with Gasteiger partial charge in [0.2, 0.25) is 5.88 Å². The summed E-state index contributed by atoms with van der Waals surface area (Å²) in [5, 5.41) is 3.35. The monoisotopic (exact) mass is 432 g/mol. The van der Waals surface area contributed by atoms with Crippen molar-refractivity contribution in [1.29, 1.82) is 0 Å². The summed E-state index contributed by atoms with van der Waals surface area (Å²) in [6, 6.07) is 4.33. The van der Waals surface area contributed by atoms with E-state index in [1.54, 1.807) is 6.20 Å². The van der Waals surface area contributed by atoms with Crippen LogP contribution in [-0.2, 0) is 6.54 Å². The molecule has 23 heavy (non-hydrogen) atoms. The van der Waals surface area contributed by atoms with Gasteiger partial charge < -0.3 is 15.8 Å². The number of aromatic nitrogens is 1. The first-order valence-electron chi connectivity index (χ1n) is 8.31. The quantitative estimate of drug-likeness (QED) is 0.323. The summed E-state index contributed by atoms with van der Waals surface area (Å²) in [5.41, 5.74) is 7.02. The van der Waals surface area contributed by atoms with Crippen LogP contribution in [0.1, 0.15) is 57.9 Å². The highest BCUT2D eigenvalue weighted by atomic mass is 127. The molecule has 5 nitrogen and oxygen atoms in total. The zero-order valence-electron chi connectivity index (χ0n) is 14.1. The van der Waals surface area contributed by atoms with Gasteiger partial charge in [0.05, 0.1) is 12.6 Å². The van der Waals surface area contributed by atoms with Gasteiger partial charge in [-0.3, -0.25) is 0 Å². The molecule has 1 aliphatic rings. The number of aliphatic imine (C=N–C) groups is 1. The van der Waals surface area contributed by atoms with Crippen molar-refractivity contribution in [3.63, 3.8) is 0 Å². The van der Waals surface area contributed by atoms with E-state index in [1.165, 1.54) is 38.5 Å². The van der Waals surface area contributed by atoms with Gasteiger partial charge in [-0.1, -0.05) is 31.7 Å². The molecule has 1 aromatic heterocycles. The second kappa shape index (κ2) is 10.7. The van der Waals surface area contributed by atoms with Crippen molar-refractivity contribution in [1.82, 2.24) is 10.3 Å². The molecule has 0 radical (unpaired) electrons. The molecule has 0 bridgehead atoms. The predicted molar refractivity (Wildman–Crippen MR) is 105 cm³/mol. The zero-order valence-corrected chi connectivity index (χ0v) is 16.5. The Bertz CT molecular complexity index is 468. The minimum absolute atomic E-state index is 0. The van der Waals surface area contributed by atoms with Crippen LogP contribution >= 0.6 is 24.0 Å². The van der Waals surface area contributed by atoms with Crippen LogP contribution in [0, 0.1) is 0 Å². The number of hydrogen-bond donors (Lipinski definition) is 2. The average molecular weight is 432 g/mol. The molecule has 0 unspecified atom stereocenters. The molecule has 0 atom stereocenters. The summed E-state index contributed by atoms with van der Waals surface area (Å²) < 4.78 is 5.52. The lowest BCUT2D eigenvalue weighted by Gasteiger charge is -2.16. The molecular weight excluding hydrogens is 403 g/mol. The van der Waals surface area contributed by atoms with Gasteiger partial charge >= 0.3 is 0 Å². The zero-order chi connectivity index (χ0) is 15.8. The van der Waals surface area contributed by atoms with E-state index in [1.807, 2.05) is 26.0 Å². The number of nitrogens with zero attached hydrogens (tertiary/aromatic N) is 2. The van der Waals surface area contributed by atoms with Gasteiger partial charge in [0.25, 0.3) is 0 Å². The molecule has 0 aliphatic heterocycles. The number of nitrogens with two attached hydrogens (primary N) is 1. The lowest BCUT2D eigenvalue weighted by Crippen LogP contribution is -2.39. The summed E-state index contributed by atoms with van der Waals surface area (Å²) >= 11 is 0. The lowest BCUT2D eigenvalue weighted by molar-refractivity contribution is 0.232. The van der Waals surface area contributed by atoms with Crippen LogP contribution < -0.4 is 15.8 Å². The number of pyridine rings is 1. The fraction of sp³-hybridized carbons (Fsp3) is 0.647. The smallest absolute Gasteiger partial charge is 0.213 e. The number of ether oxygens (including phenoxy) is 1. The van der Waals surface area contributed by atoms with Gasteiger partial charge in [0.1, 0.15) is 0 Å². The topological polar surface area (TPSA) is 72.5 Å². The van der Waals surface area contributed by atoms with Crippen molar-refractivity contribution in [2.24, 2.45) is 10.7 Å². The second-order valence-corrected chi connectivity index (χ2v) is 6.21. The Hall–Kier alpha value is -1.05. The van der Waals surface area contributed by atoms with E-state index in [0.29, 0.717) is 24.4 Å². The molecule has 130 valence electrons. The third-order valence-corrected chi connectivity index (χ3v) is 3.79. The van der Waals surface area contributed by atoms with Gasteiger partial charge in [-0.15, -0.1) is 24.0 Å². The normalized spacial score (nSPS) is 16.6. The van der Waals surface area contributed by atoms with Crippen LogP contribution in [-0.4, -0.2) is 23.1 Å². The van der Waals surface area contributed by atoms with Crippen molar-refractivity contribution in [3.8, 4) is 5.88 Å². The molecular formula is C17H29IN4O. The average Bonchev–Trinajstić information content (AvgIpc) is 2.74. The first-order chi connectivity index (χ1) is 10.6. The van der Waals surface area contributed by atoms with Gasteiger partial charge in [0.15, 0.2) is 5.96 Å². The molecule has 0 spiro atoms. The number of guanidine groups is 1. The maximum Gasteiger partial charge on any atom is 0.213 e. The molecule has 0 saturated heterocycles. The highest BCUT2D eigenvalue weighted by molar-refractivity contribution is 14.0. The Morgan fingerprint density at radius 3 is 2.57 bits per heavy atom. The summed E-state index contributed by atoms with van der Waals surface area (Å²) in [7, 11) is 0. The summed E-state index contributed by atoms with van der Waals surface area (Å²) in [4.78, 5) is 8.68. The van der Waals surface area contributed by atoms with Gasteiger partial charge in [-0.25, -0.2) is 9.98 Å². The van der Waals surface area contributed by atoms with Crippen LogP contribution in [0.3, 0.4) is 0 Å². The minimum atomic E-state index is 0. The second-order valence-electron chi connectivity index (χ2n) is 6.21. The van der Waals surface area contributed by atoms with E-state index in [2.05, 4.69) is 15.3 Å². The van der Waals surface area contributed by atoms with Crippen molar-refractivity contribution in [3.05, 3.63) is 23.9 Å². The number of halogens is 1. The van der Waals surface area contributed by atoms with E-state index >= 15 is 0 Å². The van der Waals surface area contributed by atoms with E-state index in [4.69, 9.17) is 10.5 Å². The predicted octanol–water partition coefficient (Wildman–Crippen LogP) is 3.61. The minimum Gasteiger partial charge on any atom is -0.475 e. The Kier molecular flexibility index (Phi) is 9.28. The Labute approximate surface area is 156 Å². The summed E-state index contributed by atoms with van der Waals surface area (Å²) in [5.74, 6) is 1.18. The Morgan fingerprint density at radius 2 is 2.00 bits per heavy atom. The van der Waals surface area contributed by atoms with Gasteiger partial charge in [-0.05, 0) is 32.3 Å². The fourth-order valence-corrected chi connectivity index (χ4v) is 2.67. The number of nitrogens with one attached hydrogen (secondary N) is 1. The molecule has 1 heterocycles. The van der Waals surface area contributed by atoms with Crippen LogP contribution in [0.15, 0.2) is 23.3 Å². The van der Waals surface area contributed by atoms with Crippen molar-refractivity contribution in [2.45, 2.75) is 71.1 Å². The van der Waals surface area contributed by atoms with Crippen molar-refractivity contribution < 1.29 is 4.74 Å². The highest BCUT2D eigenvalue weighted by Gasteiger charge is 2.12. The molecule has 1 aliphatic carbocycles. The van der Waals surface area contributed by atoms with E-state index in [-0.39, 0.29) is 30.1 Å². The summed E-state index contributed by atoms with van der Waals surface area (Å²) in [6.45, 7) is 4.51. The highest BCUT2D eigenvalue weighted by Crippen LogP contribution is 2.17. The van der Waals surface area contributed by atoms with E-state index in [0.717, 1.165) is 5.56 Å². The molecule has 3 N–H and O–H groups in total. The standard InChI is InChI=1S/C17H28N4O.HI/c1-13(2)22-16-10-9-14(11-19-16)12-20-17(18)21-15-7-5-3-4-6-8-15;/h9-11,13,15H,3-8,12H2,1-2H3,(H3,18,20,21);1H. The molecule has 0 aromatic carbocycles. The molecule has 1 fully saturated rings. The van der Waals surface area contributed by atoms with Crippen LogP contribution in [0.4, 0.5) is 0 Å². The fourth-order valence-electron chi connectivity index (χ4n) is 2.67. The van der Waals surface area contributed by atoms with Crippen LogP contribution in [0.2, 0.25) is 0 Å².